The molecule has 1 aliphatic heterocycles. The standard InChI is InChI=1S/C15H25N5O/c1-18(2)14(21)17-12-6-15(7-12)4-5-20(10-15)9-13-8-16-11-19(13)3/h8,11-12H,4-7,9-10H2,1-3H3,(H,17,21). The average molecular weight is 291 g/mol. The van der Waals surface area contributed by atoms with Crippen LogP contribution in [0.4, 0.5) is 4.79 Å². The zero-order valence-corrected chi connectivity index (χ0v) is 13.2. The Hall–Kier alpha value is -1.56. The summed E-state index contributed by atoms with van der Waals surface area (Å²) in [6.45, 7) is 3.28. The maximum absolute atomic E-state index is 11.7. The first kappa shape index (κ1) is 14.4. The summed E-state index contributed by atoms with van der Waals surface area (Å²) < 4.78 is 2.09. The number of imidazole rings is 1. The van der Waals surface area contributed by atoms with Gasteiger partial charge >= 0.3 is 6.03 Å². The van der Waals surface area contributed by atoms with Gasteiger partial charge in [-0.25, -0.2) is 9.78 Å². The van der Waals surface area contributed by atoms with E-state index in [2.05, 4.69) is 19.8 Å². The maximum Gasteiger partial charge on any atom is 0.317 e. The highest BCUT2D eigenvalue weighted by atomic mass is 16.2. The van der Waals surface area contributed by atoms with Crippen molar-refractivity contribution in [2.75, 3.05) is 27.2 Å². The van der Waals surface area contributed by atoms with Crippen LogP contribution < -0.4 is 5.32 Å². The van der Waals surface area contributed by atoms with E-state index >= 15 is 0 Å². The molecule has 3 rings (SSSR count). The Kier molecular flexibility index (Phi) is 3.65. The summed E-state index contributed by atoms with van der Waals surface area (Å²) in [5.74, 6) is 0. The lowest BCUT2D eigenvalue weighted by Crippen LogP contribution is -2.53. The molecule has 1 aliphatic carbocycles. The first-order valence-corrected chi connectivity index (χ1v) is 7.63. The largest absolute Gasteiger partial charge is 0.337 e. The predicted molar refractivity (Wildman–Crippen MR) is 80.8 cm³/mol. The van der Waals surface area contributed by atoms with E-state index in [4.69, 9.17) is 0 Å². The van der Waals surface area contributed by atoms with Crippen LogP contribution in [0.3, 0.4) is 0 Å². The zero-order valence-electron chi connectivity index (χ0n) is 13.2. The second-order valence-corrected chi connectivity index (χ2v) is 6.91. The van der Waals surface area contributed by atoms with Crippen molar-refractivity contribution in [1.82, 2.24) is 24.7 Å². The number of likely N-dealkylation sites (tertiary alicyclic amines) is 1. The SMILES string of the molecule is CN(C)C(=O)NC1CC2(CCN(Cc3cncn3C)C2)C1. The Balaban J connectivity index is 1.48. The molecule has 1 aromatic heterocycles. The smallest absolute Gasteiger partial charge is 0.317 e. The lowest BCUT2D eigenvalue weighted by molar-refractivity contribution is 0.0896. The summed E-state index contributed by atoms with van der Waals surface area (Å²) in [6, 6.07) is 0.385. The van der Waals surface area contributed by atoms with Crippen molar-refractivity contribution in [1.29, 1.82) is 0 Å². The van der Waals surface area contributed by atoms with Crippen molar-refractivity contribution in [3.63, 3.8) is 0 Å². The van der Waals surface area contributed by atoms with Crippen LogP contribution in [0.2, 0.25) is 0 Å². The third-order valence-electron chi connectivity index (χ3n) is 4.91. The molecule has 1 aromatic rings. The normalized spacial score (nSPS) is 28.6. The first-order chi connectivity index (χ1) is 9.97. The molecule has 0 radical (unpaired) electrons. The molecule has 6 nitrogen and oxygen atoms in total. The molecule has 1 spiro atoms. The van der Waals surface area contributed by atoms with E-state index in [0.29, 0.717) is 11.5 Å². The van der Waals surface area contributed by atoms with E-state index in [-0.39, 0.29) is 6.03 Å². The summed E-state index contributed by atoms with van der Waals surface area (Å²) in [6.07, 6.45) is 7.30. The van der Waals surface area contributed by atoms with Gasteiger partial charge in [0.25, 0.3) is 0 Å². The topological polar surface area (TPSA) is 53.4 Å². The van der Waals surface area contributed by atoms with Gasteiger partial charge in [0, 0.05) is 46.5 Å². The van der Waals surface area contributed by atoms with E-state index in [1.54, 1.807) is 19.0 Å². The minimum Gasteiger partial charge on any atom is -0.337 e. The van der Waals surface area contributed by atoms with Crippen molar-refractivity contribution >= 4 is 6.03 Å². The lowest BCUT2D eigenvalue weighted by atomic mass is 9.65. The van der Waals surface area contributed by atoms with E-state index in [1.807, 2.05) is 19.6 Å². The van der Waals surface area contributed by atoms with Gasteiger partial charge in [0.15, 0.2) is 0 Å². The minimum absolute atomic E-state index is 0.0274. The highest BCUT2D eigenvalue weighted by Crippen LogP contribution is 2.48. The van der Waals surface area contributed by atoms with Gasteiger partial charge in [-0.2, -0.15) is 0 Å². The van der Waals surface area contributed by atoms with E-state index in [0.717, 1.165) is 32.5 Å². The molecule has 2 aliphatic rings. The number of carbonyl (C=O) groups is 1. The van der Waals surface area contributed by atoms with Crippen LogP contribution in [-0.2, 0) is 13.6 Å². The Morgan fingerprint density at radius 3 is 2.90 bits per heavy atom. The molecule has 1 saturated heterocycles. The molecule has 2 heterocycles. The van der Waals surface area contributed by atoms with Crippen LogP contribution in [0.1, 0.15) is 25.0 Å². The van der Waals surface area contributed by atoms with Gasteiger partial charge in [0.1, 0.15) is 0 Å². The van der Waals surface area contributed by atoms with Crippen LogP contribution >= 0.6 is 0 Å². The Morgan fingerprint density at radius 2 is 2.29 bits per heavy atom. The summed E-state index contributed by atoms with van der Waals surface area (Å²) in [4.78, 5) is 20.0. The highest BCUT2D eigenvalue weighted by Gasteiger charge is 2.48. The molecule has 1 saturated carbocycles. The van der Waals surface area contributed by atoms with Crippen LogP contribution in [0.25, 0.3) is 0 Å². The van der Waals surface area contributed by atoms with Crippen molar-refractivity contribution in [3.05, 3.63) is 18.2 Å². The number of carbonyl (C=O) groups excluding carboxylic acids is 1. The van der Waals surface area contributed by atoms with E-state index in [9.17, 15) is 4.79 Å². The van der Waals surface area contributed by atoms with Gasteiger partial charge < -0.3 is 14.8 Å². The van der Waals surface area contributed by atoms with Gasteiger partial charge in [-0.15, -0.1) is 0 Å². The van der Waals surface area contributed by atoms with Crippen molar-refractivity contribution < 1.29 is 4.79 Å². The number of rotatable bonds is 3. The number of urea groups is 1. The summed E-state index contributed by atoms with van der Waals surface area (Å²) in [7, 11) is 5.62. The lowest BCUT2D eigenvalue weighted by Gasteiger charge is -2.45. The number of amides is 2. The maximum atomic E-state index is 11.7. The number of aryl methyl sites for hydroxylation is 1. The Morgan fingerprint density at radius 1 is 1.52 bits per heavy atom. The van der Waals surface area contributed by atoms with Crippen LogP contribution in [-0.4, -0.2) is 58.6 Å². The molecule has 1 N–H and O–H groups in total. The minimum atomic E-state index is 0.0274. The number of nitrogens with zero attached hydrogens (tertiary/aromatic N) is 4. The third-order valence-corrected chi connectivity index (χ3v) is 4.91. The van der Waals surface area contributed by atoms with Crippen molar-refractivity contribution in [2.24, 2.45) is 12.5 Å². The molecule has 2 fully saturated rings. The molecule has 0 aromatic carbocycles. The predicted octanol–water partition coefficient (Wildman–Crippen LogP) is 1.05. The summed E-state index contributed by atoms with van der Waals surface area (Å²) in [5, 5.41) is 3.09. The molecule has 116 valence electrons. The van der Waals surface area contributed by atoms with Gasteiger partial charge in [-0.1, -0.05) is 0 Å². The fourth-order valence-electron chi connectivity index (χ4n) is 3.65. The van der Waals surface area contributed by atoms with Gasteiger partial charge in [-0.3, -0.25) is 4.90 Å². The Labute approximate surface area is 126 Å². The monoisotopic (exact) mass is 291 g/mol. The Bertz CT molecular complexity index is 518. The number of hydrogen-bond acceptors (Lipinski definition) is 3. The fraction of sp³-hybridized carbons (Fsp3) is 0.733. The van der Waals surface area contributed by atoms with Crippen molar-refractivity contribution in [3.8, 4) is 0 Å². The molecule has 21 heavy (non-hydrogen) atoms. The quantitative estimate of drug-likeness (QED) is 0.905. The van der Waals surface area contributed by atoms with Gasteiger partial charge in [0.2, 0.25) is 0 Å². The third kappa shape index (κ3) is 2.90. The second-order valence-electron chi connectivity index (χ2n) is 6.91. The molecule has 0 atom stereocenters. The summed E-state index contributed by atoms with van der Waals surface area (Å²) in [5.41, 5.74) is 1.70. The molecular weight excluding hydrogens is 266 g/mol. The van der Waals surface area contributed by atoms with Gasteiger partial charge in [-0.05, 0) is 31.2 Å². The molecule has 0 unspecified atom stereocenters. The summed E-state index contributed by atoms with van der Waals surface area (Å²) >= 11 is 0. The van der Waals surface area contributed by atoms with Crippen LogP contribution in [0.5, 0.6) is 0 Å². The van der Waals surface area contributed by atoms with Gasteiger partial charge in [0.05, 0.1) is 12.0 Å². The number of aromatic nitrogens is 2. The average Bonchev–Trinajstić information content (AvgIpc) is 2.97. The molecular formula is C15H25N5O. The van der Waals surface area contributed by atoms with E-state index in [1.165, 1.54) is 12.1 Å². The van der Waals surface area contributed by atoms with Crippen LogP contribution in [0.15, 0.2) is 12.5 Å². The zero-order chi connectivity index (χ0) is 15.0. The van der Waals surface area contributed by atoms with Crippen molar-refractivity contribution in [2.45, 2.75) is 31.8 Å². The first-order valence-electron chi connectivity index (χ1n) is 7.63. The highest BCUT2D eigenvalue weighted by molar-refractivity contribution is 5.74. The number of nitrogens with one attached hydrogen (secondary N) is 1. The second kappa shape index (κ2) is 5.33. The van der Waals surface area contributed by atoms with Crippen LogP contribution in [0, 0.1) is 5.41 Å². The van der Waals surface area contributed by atoms with E-state index < -0.39 is 0 Å². The molecule has 6 heteroatoms. The number of hydrogen-bond donors (Lipinski definition) is 1. The fourth-order valence-corrected chi connectivity index (χ4v) is 3.65. The molecule has 2 amide bonds. The molecule has 0 bridgehead atoms.